The number of benzene rings is 3. The van der Waals surface area contributed by atoms with Crippen molar-refractivity contribution in [1.82, 2.24) is 4.98 Å². The number of hydrogen-bond acceptors (Lipinski definition) is 0. The fourth-order valence-electron chi connectivity index (χ4n) is 3.34. The summed E-state index contributed by atoms with van der Waals surface area (Å²) in [5.41, 5.74) is 5.66. The first-order chi connectivity index (χ1) is 11.8. The van der Waals surface area contributed by atoms with Gasteiger partial charge < -0.3 is 4.98 Å². The van der Waals surface area contributed by atoms with E-state index in [0.717, 1.165) is 43.0 Å². The number of H-pyrrole nitrogens is 1. The molecule has 0 aliphatic carbocycles. The van der Waals surface area contributed by atoms with Gasteiger partial charge in [0.1, 0.15) is 0 Å². The third-order valence-electron chi connectivity index (χ3n) is 4.73. The Kier molecular flexibility index (Phi) is 3.82. The van der Waals surface area contributed by atoms with Crippen molar-refractivity contribution < 1.29 is 0 Å². The number of aromatic nitrogens is 1. The molecular weight excluding hydrogens is 349 g/mol. The largest absolute Gasteiger partial charge is 0.354 e. The zero-order valence-corrected chi connectivity index (χ0v) is 16.0. The summed E-state index contributed by atoms with van der Waals surface area (Å²) >= 11 is 12.7. The fourth-order valence-corrected chi connectivity index (χ4v) is 3.78. The number of nitrogens with one attached hydrogen (secondary N) is 1. The number of hydrogen-bond donors (Lipinski definition) is 1. The average Bonchev–Trinajstić information content (AvgIpc) is 2.91. The third kappa shape index (κ3) is 2.82. The molecule has 0 aliphatic rings. The van der Waals surface area contributed by atoms with Crippen LogP contribution in [0.2, 0.25) is 10.0 Å². The van der Waals surface area contributed by atoms with Crippen LogP contribution in [0.3, 0.4) is 0 Å². The number of halogens is 2. The van der Waals surface area contributed by atoms with Crippen LogP contribution in [0.4, 0.5) is 0 Å². The van der Waals surface area contributed by atoms with Gasteiger partial charge >= 0.3 is 0 Å². The van der Waals surface area contributed by atoms with E-state index in [1.807, 2.05) is 18.2 Å². The molecule has 0 bridgehead atoms. The fraction of sp³-hybridized carbons (Fsp3) is 0.182. The lowest BCUT2D eigenvalue weighted by Crippen LogP contribution is -2.10. The summed E-state index contributed by atoms with van der Waals surface area (Å²) in [5.74, 6) is 0. The number of rotatable bonds is 1. The monoisotopic (exact) mass is 367 g/mol. The molecule has 0 amide bonds. The lowest BCUT2D eigenvalue weighted by atomic mass is 9.86. The minimum absolute atomic E-state index is 0.131. The second-order valence-corrected chi connectivity index (χ2v) is 8.33. The van der Waals surface area contributed by atoms with E-state index in [0.29, 0.717) is 0 Å². The first-order valence-electron chi connectivity index (χ1n) is 8.35. The van der Waals surface area contributed by atoms with Crippen molar-refractivity contribution in [2.75, 3.05) is 0 Å². The SMILES string of the molecule is CC(C)(C)c1ccc(-c2c(Cl)ccc3c2[nH]c2cc(Cl)ccc23)cc1. The molecule has 1 nitrogen and oxygen atoms in total. The molecule has 0 saturated carbocycles. The van der Waals surface area contributed by atoms with E-state index < -0.39 is 0 Å². The smallest absolute Gasteiger partial charge is 0.0559 e. The van der Waals surface area contributed by atoms with E-state index in [2.05, 4.69) is 62.2 Å². The van der Waals surface area contributed by atoms with Crippen molar-refractivity contribution in [3.8, 4) is 11.1 Å². The molecule has 3 heteroatoms. The molecule has 3 aromatic carbocycles. The summed E-state index contributed by atoms with van der Waals surface area (Å²) in [4.78, 5) is 3.50. The third-order valence-corrected chi connectivity index (χ3v) is 5.28. The lowest BCUT2D eigenvalue weighted by Gasteiger charge is -2.19. The van der Waals surface area contributed by atoms with Gasteiger partial charge in [-0.3, -0.25) is 0 Å². The van der Waals surface area contributed by atoms with Crippen LogP contribution >= 0.6 is 23.2 Å². The van der Waals surface area contributed by atoms with Crippen LogP contribution in [0.5, 0.6) is 0 Å². The summed E-state index contributed by atoms with van der Waals surface area (Å²) in [7, 11) is 0. The minimum atomic E-state index is 0.131. The van der Waals surface area contributed by atoms with Crippen LogP contribution in [0.25, 0.3) is 32.9 Å². The molecule has 126 valence electrons. The summed E-state index contributed by atoms with van der Waals surface area (Å²) in [5, 5.41) is 3.78. The van der Waals surface area contributed by atoms with Gasteiger partial charge in [-0.1, -0.05) is 80.4 Å². The highest BCUT2D eigenvalue weighted by Gasteiger charge is 2.16. The van der Waals surface area contributed by atoms with Crippen LogP contribution in [0, 0.1) is 0 Å². The minimum Gasteiger partial charge on any atom is -0.354 e. The maximum absolute atomic E-state index is 6.58. The summed E-state index contributed by atoms with van der Waals surface area (Å²) < 4.78 is 0. The zero-order chi connectivity index (χ0) is 17.8. The van der Waals surface area contributed by atoms with Gasteiger partial charge in [-0.05, 0) is 34.7 Å². The van der Waals surface area contributed by atoms with Crippen LogP contribution in [0.1, 0.15) is 26.3 Å². The Hall–Kier alpha value is -1.96. The summed E-state index contributed by atoms with van der Waals surface area (Å²) in [6.07, 6.45) is 0. The molecule has 1 heterocycles. The van der Waals surface area contributed by atoms with E-state index in [4.69, 9.17) is 23.2 Å². The molecule has 0 aliphatic heterocycles. The Morgan fingerprint density at radius 1 is 0.800 bits per heavy atom. The molecule has 25 heavy (non-hydrogen) atoms. The summed E-state index contributed by atoms with van der Waals surface area (Å²) in [6.45, 7) is 6.66. The first-order valence-corrected chi connectivity index (χ1v) is 9.10. The average molecular weight is 368 g/mol. The second kappa shape index (κ2) is 5.79. The van der Waals surface area contributed by atoms with Crippen molar-refractivity contribution >= 4 is 45.0 Å². The Labute approximate surface area is 157 Å². The van der Waals surface area contributed by atoms with Gasteiger partial charge in [0.05, 0.1) is 10.5 Å². The maximum atomic E-state index is 6.58. The van der Waals surface area contributed by atoms with E-state index >= 15 is 0 Å². The van der Waals surface area contributed by atoms with E-state index in [1.165, 1.54) is 5.56 Å². The molecule has 4 aromatic rings. The van der Waals surface area contributed by atoms with Crippen LogP contribution in [0.15, 0.2) is 54.6 Å². The van der Waals surface area contributed by atoms with E-state index in [1.54, 1.807) is 0 Å². The Balaban J connectivity index is 1.97. The van der Waals surface area contributed by atoms with Crippen LogP contribution in [-0.2, 0) is 5.41 Å². The molecule has 0 unspecified atom stereocenters. The predicted octanol–water partition coefficient (Wildman–Crippen LogP) is 7.59. The highest BCUT2D eigenvalue weighted by atomic mass is 35.5. The molecule has 0 spiro atoms. The van der Waals surface area contributed by atoms with Crippen molar-refractivity contribution in [2.45, 2.75) is 26.2 Å². The Morgan fingerprint density at radius 2 is 1.48 bits per heavy atom. The molecule has 1 aromatic heterocycles. The summed E-state index contributed by atoms with van der Waals surface area (Å²) in [6, 6.07) is 18.6. The predicted molar refractivity (Wildman–Crippen MR) is 110 cm³/mol. The molecule has 4 rings (SSSR count). The van der Waals surface area contributed by atoms with Gasteiger partial charge in [-0.15, -0.1) is 0 Å². The lowest BCUT2D eigenvalue weighted by molar-refractivity contribution is 0.590. The zero-order valence-electron chi connectivity index (χ0n) is 14.5. The van der Waals surface area contributed by atoms with Gasteiger partial charge in [0.15, 0.2) is 0 Å². The number of aromatic amines is 1. The van der Waals surface area contributed by atoms with Gasteiger partial charge in [0.25, 0.3) is 0 Å². The number of fused-ring (bicyclic) bond motifs is 3. The van der Waals surface area contributed by atoms with Crippen LogP contribution < -0.4 is 0 Å². The molecule has 0 fully saturated rings. The van der Waals surface area contributed by atoms with Crippen molar-refractivity contribution in [3.05, 3.63) is 70.2 Å². The second-order valence-electron chi connectivity index (χ2n) is 7.49. The molecule has 1 N–H and O–H groups in total. The molecule has 0 radical (unpaired) electrons. The van der Waals surface area contributed by atoms with Gasteiger partial charge in [-0.2, -0.15) is 0 Å². The van der Waals surface area contributed by atoms with E-state index in [-0.39, 0.29) is 5.41 Å². The normalized spacial score (nSPS) is 12.2. The van der Waals surface area contributed by atoms with Gasteiger partial charge in [-0.25, -0.2) is 0 Å². The van der Waals surface area contributed by atoms with Gasteiger partial charge in [0.2, 0.25) is 0 Å². The Bertz CT molecular complexity index is 1080. The van der Waals surface area contributed by atoms with Crippen molar-refractivity contribution in [1.29, 1.82) is 0 Å². The van der Waals surface area contributed by atoms with Crippen molar-refractivity contribution in [3.63, 3.8) is 0 Å². The molecule has 0 saturated heterocycles. The van der Waals surface area contributed by atoms with Crippen LogP contribution in [-0.4, -0.2) is 4.98 Å². The van der Waals surface area contributed by atoms with Crippen molar-refractivity contribution in [2.24, 2.45) is 0 Å². The molecular formula is C22H19Cl2N. The standard InChI is InChI=1S/C22H19Cl2N/c1-22(2,3)14-6-4-13(5-7-14)20-18(24)11-10-17-16-9-8-15(23)12-19(16)25-21(17)20/h4-12,25H,1-3H3. The van der Waals surface area contributed by atoms with E-state index in [9.17, 15) is 0 Å². The maximum Gasteiger partial charge on any atom is 0.0559 e. The first kappa shape index (κ1) is 16.5. The topological polar surface area (TPSA) is 15.8 Å². The highest BCUT2D eigenvalue weighted by Crippen LogP contribution is 2.39. The Morgan fingerprint density at radius 3 is 2.16 bits per heavy atom. The molecule has 0 atom stereocenters. The quantitative estimate of drug-likeness (QED) is 0.356. The van der Waals surface area contributed by atoms with Gasteiger partial charge in [0, 0.05) is 26.9 Å². The highest BCUT2D eigenvalue weighted by molar-refractivity contribution is 6.36.